The van der Waals surface area contributed by atoms with Crippen LogP contribution in [0.25, 0.3) is 0 Å². The van der Waals surface area contributed by atoms with Crippen LogP contribution in [0.4, 0.5) is 0 Å². The number of rotatable bonds is 3. The highest BCUT2D eigenvalue weighted by Crippen LogP contribution is 2.19. The second kappa shape index (κ2) is 3.70. The Morgan fingerprint density at radius 2 is 2.23 bits per heavy atom. The summed E-state index contributed by atoms with van der Waals surface area (Å²) >= 11 is 0. The minimum atomic E-state index is -0.652. The van der Waals surface area contributed by atoms with Gasteiger partial charge in [0.25, 0.3) is 0 Å². The second-order valence-electron chi connectivity index (χ2n) is 2.13. The van der Waals surface area contributed by atoms with Gasteiger partial charge in [-0.05, 0) is 0 Å². The molecular weight excluding hydrogens is 176 g/mol. The first-order chi connectivity index (χ1) is 6.24. The van der Waals surface area contributed by atoms with Gasteiger partial charge in [0.2, 0.25) is 5.69 Å². The molecule has 0 atom stereocenters. The number of nitrogens with one attached hydrogen (secondary N) is 1. The highest BCUT2D eigenvalue weighted by atomic mass is 16.5. The molecule has 6 nitrogen and oxygen atoms in total. The van der Waals surface area contributed by atoms with Crippen LogP contribution in [0.1, 0.15) is 21.0 Å². The lowest BCUT2D eigenvalue weighted by molar-refractivity contribution is 0.0590. The Morgan fingerprint density at radius 1 is 1.54 bits per heavy atom. The monoisotopic (exact) mass is 184 g/mol. The van der Waals surface area contributed by atoms with Crippen molar-refractivity contribution < 1.29 is 19.1 Å². The lowest BCUT2D eigenvalue weighted by atomic mass is 10.3. The molecule has 0 saturated carbocycles. The molecule has 0 aromatic carbocycles. The average molecular weight is 184 g/mol. The van der Waals surface area contributed by atoms with Crippen molar-refractivity contribution in [3.63, 3.8) is 0 Å². The Morgan fingerprint density at radius 3 is 2.69 bits per heavy atom. The molecule has 0 fully saturated rings. The Hall–Kier alpha value is -1.85. The smallest absolute Gasteiger partial charge is 0.362 e. The summed E-state index contributed by atoms with van der Waals surface area (Å²) in [6, 6.07) is 0. The number of aromatic nitrogens is 2. The van der Waals surface area contributed by atoms with Crippen LogP contribution in [0, 0.1) is 0 Å². The molecule has 1 aromatic heterocycles. The normalized spacial score (nSPS) is 9.38. The molecule has 1 heterocycles. The maximum atomic E-state index is 11.0. The number of nitrogens with zero attached hydrogens (tertiary/aromatic N) is 1. The largest absolute Gasteiger partial charge is 0.492 e. The third kappa shape index (κ3) is 1.51. The summed E-state index contributed by atoms with van der Waals surface area (Å²) in [5.41, 5.74) is 0.0787. The number of ether oxygens (including phenoxy) is 2. The standard InChI is InChI=1S/C7H8N2O4/c1-12-6-4(3-10)8-9-5(6)7(11)13-2/h3H,1-2H3,(H,8,9). The molecule has 0 unspecified atom stereocenters. The first-order valence-electron chi connectivity index (χ1n) is 3.40. The van der Waals surface area contributed by atoms with Gasteiger partial charge in [-0.1, -0.05) is 0 Å². The van der Waals surface area contributed by atoms with Crippen LogP contribution < -0.4 is 4.74 Å². The van der Waals surface area contributed by atoms with Gasteiger partial charge in [-0.25, -0.2) is 4.79 Å². The predicted octanol–water partition coefficient (Wildman–Crippen LogP) is 0.0174. The Kier molecular flexibility index (Phi) is 2.63. The number of aromatic amines is 1. The highest BCUT2D eigenvalue weighted by molar-refractivity contribution is 5.93. The van der Waals surface area contributed by atoms with E-state index in [2.05, 4.69) is 14.9 Å². The van der Waals surface area contributed by atoms with E-state index in [-0.39, 0.29) is 17.1 Å². The average Bonchev–Trinajstić information content (AvgIpc) is 2.58. The third-order valence-electron chi connectivity index (χ3n) is 1.45. The maximum Gasteiger partial charge on any atom is 0.362 e. The molecule has 0 radical (unpaired) electrons. The van der Waals surface area contributed by atoms with Crippen LogP contribution in [0.2, 0.25) is 0 Å². The van der Waals surface area contributed by atoms with E-state index in [4.69, 9.17) is 4.74 Å². The molecule has 0 spiro atoms. The van der Waals surface area contributed by atoms with Gasteiger partial charge < -0.3 is 9.47 Å². The lowest BCUT2D eigenvalue weighted by Gasteiger charge is -1.98. The van der Waals surface area contributed by atoms with Crippen molar-refractivity contribution in [3.8, 4) is 5.75 Å². The van der Waals surface area contributed by atoms with Crippen molar-refractivity contribution in [3.05, 3.63) is 11.4 Å². The molecule has 0 saturated heterocycles. The summed E-state index contributed by atoms with van der Waals surface area (Å²) in [4.78, 5) is 21.4. The molecule has 1 rings (SSSR count). The van der Waals surface area contributed by atoms with Crippen molar-refractivity contribution in [2.24, 2.45) is 0 Å². The SMILES string of the molecule is COC(=O)c1n[nH]c(C=O)c1OC. The number of hydrogen-bond acceptors (Lipinski definition) is 5. The number of aldehydes is 1. The van der Waals surface area contributed by atoms with E-state index in [1.54, 1.807) is 0 Å². The van der Waals surface area contributed by atoms with E-state index < -0.39 is 5.97 Å². The molecule has 0 aliphatic heterocycles. The van der Waals surface area contributed by atoms with Gasteiger partial charge >= 0.3 is 5.97 Å². The number of esters is 1. The Balaban J connectivity index is 3.14. The van der Waals surface area contributed by atoms with Crippen molar-refractivity contribution in [1.82, 2.24) is 10.2 Å². The fourth-order valence-electron chi connectivity index (χ4n) is 0.867. The summed E-state index contributed by atoms with van der Waals surface area (Å²) in [6.07, 6.45) is 0.512. The summed E-state index contributed by atoms with van der Waals surface area (Å²) in [7, 11) is 2.56. The zero-order valence-electron chi connectivity index (χ0n) is 7.16. The van der Waals surface area contributed by atoms with Crippen molar-refractivity contribution in [1.29, 1.82) is 0 Å². The Bertz CT molecular complexity index is 331. The van der Waals surface area contributed by atoms with E-state index in [9.17, 15) is 9.59 Å². The second-order valence-corrected chi connectivity index (χ2v) is 2.13. The fraction of sp³-hybridized carbons (Fsp3) is 0.286. The zero-order valence-corrected chi connectivity index (χ0v) is 7.16. The van der Waals surface area contributed by atoms with Gasteiger partial charge in [0.15, 0.2) is 12.0 Å². The molecule has 13 heavy (non-hydrogen) atoms. The summed E-state index contributed by atoms with van der Waals surface area (Å²) in [6.45, 7) is 0. The summed E-state index contributed by atoms with van der Waals surface area (Å²) < 4.78 is 9.22. The third-order valence-corrected chi connectivity index (χ3v) is 1.45. The fourth-order valence-corrected chi connectivity index (χ4v) is 0.867. The van der Waals surface area contributed by atoms with Gasteiger partial charge in [0.1, 0.15) is 5.69 Å². The number of H-pyrrole nitrogens is 1. The highest BCUT2D eigenvalue weighted by Gasteiger charge is 2.20. The van der Waals surface area contributed by atoms with Gasteiger partial charge in [-0.2, -0.15) is 5.10 Å². The van der Waals surface area contributed by atoms with Crippen LogP contribution in [0.3, 0.4) is 0 Å². The van der Waals surface area contributed by atoms with Gasteiger partial charge in [0.05, 0.1) is 14.2 Å². The molecule has 70 valence electrons. The first kappa shape index (κ1) is 9.24. The van der Waals surface area contributed by atoms with Gasteiger partial charge in [-0.15, -0.1) is 0 Å². The molecule has 0 aliphatic carbocycles. The number of methoxy groups -OCH3 is 2. The molecule has 1 aromatic rings. The van der Waals surface area contributed by atoms with E-state index in [0.29, 0.717) is 6.29 Å². The van der Waals surface area contributed by atoms with Gasteiger partial charge in [0, 0.05) is 0 Å². The van der Waals surface area contributed by atoms with Crippen LogP contribution in [0.5, 0.6) is 5.75 Å². The van der Waals surface area contributed by atoms with Crippen LogP contribution >= 0.6 is 0 Å². The summed E-state index contributed by atoms with van der Waals surface area (Å²) in [5.74, 6) is -0.553. The van der Waals surface area contributed by atoms with E-state index in [1.165, 1.54) is 14.2 Å². The minimum Gasteiger partial charge on any atom is -0.492 e. The number of carbonyl (C=O) groups is 2. The Labute approximate surface area is 73.8 Å². The van der Waals surface area contributed by atoms with Crippen LogP contribution in [-0.2, 0) is 4.74 Å². The summed E-state index contributed by atoms with van der Waals surface area (Å²) in [5, 5.41) is 5.92. The van der Waals surface area contributed by atoms with Gasteiger partial charge in [-0.3, -0.25) is 9.89 Å². The topological polar surface area (TPSA) is 81.3 Å². The molecule has 0 amide bonds. The van der Waals surface area contributed by atoms with Crippen LogP contribution in [0.15, 0.2) is 0 Å². The number of carbonyl (C=O) groups excluding carboxylic acids is 2. The van der Waals surface area contributed by atoms with E-state index in [0.717, 1.165) is 0 Å². The van der Waals surface area contributed by atoms with Crippen molar-refractivity contribution in [2.45, 2.75) is 0 Å². The lowest BCUT2D eigenvalue weighted by Crippen LogP contribution is -2.03. The molecule has 6 heteroatoms. The minimum absolute atomic E-state index is 0.0351. The maximum absolute atomic E-state index is 11.0. The quantitative estimate of drug-likeness (QED) is 0.529. The predicted molar refractivity (Wildman–Crippen MR) is 41.9 cm³/mol. The van der Waals surface area contributed by atoms with Crippen molar-refractivity contribution >= 4 is 12.3 Å². The molecule has 0 aliphatic rings. The van der Waals surface area contributed by atoms with E-state index >= 15 is 0 Å². The van der Waals surface area contributed by atoms with Crippen LogP contribution in [-0.4, -0.2) is 36.7 Å². The molecule has 0 bridgehead atoms. The molecular formula is C7H8N2O4. The van der Waals surface area contributed by atoms with E-state index in [1.807, 2.05) is 0 Å². The zero-order chi connectivity index (χ0) is 9.84. The number of hydrogen-bond donors (Lipinski definition) is 1. The first-order valence-corrected chi connectivity index (χ1v) is 3.40. The molecule has 1 N–H and O–H groups in total. The van der Waals surface area contributed by atoms with Crippen molar-refractivity contribution in [2.75, 3.05) is 14.2 Å².